The first-order chi connectivity index (χ1) is 9.40. The monoisotopic (exact) mass is 276 g/mol. The highest BCUT2D eigenvalue weighted by molar-refractivity contribution is 5.87. The summed E-state index contributed by atoms with van der Waals surface area (Å²) >= 11 is 0. The number of hydrogen-bond acceptors (Lipinski definition) is 3. The number of rotatable bonds is 7. The molecule has 0 saturated carbocycles. The first-order valence-corrected chi connectivity index (χ1v) is 6.43. The number of carboxylic acid groups (broad SMARTS) is 1. The Balaban J connectivity index is 3.11. The summed E-state index contributed by atoms with van der Waals surface area (Å²) in [7, 11) is 0. The Morgan fingerprint density at radius 2 is 2.00 bits per heavy atom. The van der Waals surface area contributed by atoms with Crippen LogP contribution in [0.15, 0.2) is 30.3 Å². The number of nitrogens with two attached hydrogens (primary N) is 1. The van der Waals surface area contributed by atoms with Gasteiger partial charge in [-0.2, -0.15) is 0 Å². The molecular formula is C15H20N2O3. The molecule has 0 atom stereocenters. The smallest absolute Gasteiger partial charge is 0.328 e. The maximum Gasteiger partial charge on any atom is 0.328 e. The van der Waals surface area contributed by atoms with Crippen LogP contribution in [0.25, 0.3) is 6.08 Å². The van der Waals surface area contributed by atoms with Crippen molar-refractivity contribution in [3.8, 4) is 0 Å². The lowest BCUT2D eigenvalue weighted by Crippen LogP contribution is -2.36. The minimum absolute atomic E-state index is 0.107. The second kappa shape index (κ2) is 7.33. The van der Waals surface area contributed by atoms with E-state index in [0.29, 0.717) is 12.5 Å². The van der Waals surface area contributed by atoms with Crippen LogP contribution in [-0.4, -0.2) is 30.1 Å². The molecule has 0 fully saturated rings. The summed E-state index contributed by atoms with van der Waals surface area (Å²) in [4.78, 5) is 23.7. The van der Waals surface area contributed by atoms with E-state index in [0.717, 1.165) is 17.3 Å². The van der Waals surface area contributed by atoms with Crippen LogP contribution in [0.4, 0.5) is 5.69 Å². The topological polar surface area (TPSA) is 83.6 Å². The quantitative estimate of drug-likeness (QED) is 0.743. The lowest BCUT2D eigenvalue weighted by atomic mass is 10.1. The Morgan fingerprint density at radius 1 is 1.35 bits per heavy atom. The molecule has 0 spiro atoms. The molecule has 0 saturated heterocycles. The largest absolute Gasteiger partial charge is 0.478 e. The Morgan fingerprint density at radius 3 is 2.55 bits per heavy atom. The first kappa shape index (κ1) is 15.8. The number of anilines is 1. The van der Waals surface area contributed by atoms with Crippen LogP contribution in [0, 0.1) is 5.92 Å². The van der Waals surface area contributed by atoms with Crippen molar-refractivity contribution in [2.24, 2.45) is 11.7 Å². The fourth-order valence-electron chi connectivity index (χ4n) is 1.95. The van der Waals surface area contributed by atoms with Crippen LogP contribution in [0.3, 0.4) is 0 Å². The summed E-state index contributed by atoms with van der Waals surface area (Å²) in [6.45, 7) is 4.87. The summed E-state index contributed by atoms with van der Waals surface area (Å²) in [5.41, 5.74) is 6.84. The SMILES string of the molecule is CC(C)CN(CC(N)=O)c1ccccc1C=CC(=O)O. The Hall–Kier alpha value is -2.30. The lowest BCUT2D eigenvalue weighted by molar-refractivity contribution is -0.131. The van der Waals surface area contributed by atoms with Crippen molar-refractivity contribution in [1.29, 1.82) is 0 Å². The third kappa shape index (κ3) is 5.14. The second-order valence-electron chi connectivity index (χ2n) is 4.97. The van der Waals surface area contributed by atoms with Crippen LogP contribution in [0.1, 0.15) is 19.4 Å². The van der Waals surface area contributed by atoms with Gasteiger partial charge in [-0.1, -0.05) is 32.0 Å². The van der Waals surface area contributed by atoms with Crippen molar-refractivity contribution in [2.45, 2.75) is 13.8 Å². The van der Waals surface area contributed by atoms with E-state index in [1.165, 1.54) is 6.08 Å². The van der Waals surface area contributed by atoms with Gasteiger partial charge in [-0.25, -0.2) is 4.79 Å². The molecule has 0 bridgehead atoms. The molecule has 0 aliphatic rings. The summed E-state index contributed by atoms with van der Waals surface area (Å²) in [5, 5.41) is 8.72. The van der Waals surface area contributed by atoms with E-state index in [1.807, 2.05) is 43.0 Å². The van der Waals surface area contributed by atoms with Crippen molar-refractivity contribution in [3.63, 3.8) is 0 Å². The Kier molecular flexibility index (Phi) is 5.77. The van der Waals surface area contributed by atoms with E-state index < -0.39 is 11.9 Å². The average molecular weight is 276 g/mol. The Bertz CT molecular complexity index is 510. The zero-order valence-electron chi connectivity index (χ0n) is 11.7. The predicted molar refractivity (Wildman–Crippen MR) is 79.4 cm³/mol. The van der Waals surface area contributed by atoms with Crippen molar-refractivity contribution in [2.75, 3.05) is 18.0 Å². The van der Waals surface area contributed by atoms with Crippen molar-refractivity contribution in [3.05, 3.63) is 35.9 Å². The first-order valence-electron chi connectivity index (χ1n) is 6.43. The van der Waals surface area contributed by atoms with Gasteiger partial charge in [0.05, 0.1) is 6.54 Å². The van der Waals surface area contributed by atoms with Crippen LogP contribution < -0.4 is 10.6 Å². The lowest BCUT2D eigenvalue weighted by Gasteiger charge is -2.27. The molecule has 5 nitrogen and oxygen atoms in total. The number of amides is 1. The summed E-state index contributed by atoms with van der Waals surface area (Å²) in [6.07, 6.45) is 2.60. The highest BCUT2D eigenvalue weighted by Crippen LogP contribution is 2.22. The van der Waals surface area contributed by atoms with E-state index in [4.69, 9.17) is 10.8 Å². The summed E-state index contributed by atoms with van der Waals surface area (Å²) in [6, 6.07) is 7.33. The minimum Gasteiger partial charge on any atom is -0.478 e. The maximum atomic E-state index is 11.2. The average Bonchev–Trinajstić information content (AvgIpc) is 2.34. The molecule has 1 amide bonds. The zero-order chi connectivity index (χ0) is 15.1. The molecule has 0 aromatic heterocycles. The number of para-hydroxylation sites is 1. The van der Waals surface area contributed by atoms with Crippen LogP contribution in [-0.2, 0) is 9.59 Å². The third-order valence-electron chi connectivity index (χ3n) is 2.62. The van der Waals surface area contributed by atoms with E-state index in [-0.39, 0.29) is 6.54 Å². The Labute approximate surface area is 118 Å². The molecule has 3 N–H and O–H groups in total. The van der Waals surface area contributed by atoms with Gasteiger partial charge in [-0.3, -0.25) is 4.79 Å². The molecule has 1 aromatic carbocycles. The number of primary amides is 1. The van der Waals surface area contributed by atoms with Crippen molar-refractivity contribution in [1.82, 2.24) is 0 Å². The van der Waals surface area contributed by atoms with Gasteiger partial charge in [-0.15, -0.1) is 0 Å². The predicted octanol–water partition coefficient (Wildman–Crippen LogP) is 1.73. The molecule has 108 valence electrons. The van der Waals surface area contributed by atoms with Gasteiger partial charge in [0, 0.05) is 18.3 Å². The highest BCUT2D eigenvalue weighted by Gasteiger charge is 2.13. The van der Waals surface area contributed by atoms with Crippen LogP contribution >= 0.6 is 0 Å². The summed E-state index contributed by atoms with van der Waals surface area (Å²) < 4.78 is 0. The molecule has 5 heteroatoms. The number of carbonyl (C=O) groups is 2. The summed E-state index contributed by atoms with van der Waals surface area (Å²) in [5.74, 6) is -1.07. The van der Waals surface area contributed by atoms with Gasteiger partial charge in [0.1, 0.15) is 0 Å². The molecule has 0 heterocycles. The van der Waals surface area contributed by atoms with Crippen molar-refractivity contribution >= 4 is 23.6 Å². The molecule has 0 aliphatic heterocycles. The van der Waals surface area contributed by atoms with E-state index in [9.17, 15) is 9.59 Å². The number of nitrogens with zero attached hydrogens (tertiary/aromatic N) is 1. The molecule has 0 radical (unpaired) electrons. The molecule has 0 unspecified atom stereocenters. The van der Waals surface area contributed by atoms with Crippen LogP contribution in [0.5, 0.6) is 0 Å². The molecule has 1 aromatic rings. The number of benzene rings is 1. The van der Waals surface area contributed by atoms with Gasteiger partial charge < -0.3 is 15.7 Å². The maximum absolute atomic E-state index is 11.2. The molecule has 1 rings (SSSR count). The number of hydrogen-bond donors (Lipinski definition) is 2. The number of carbonyl (C=O) groups excluding carboxylic acids is 1. The third-order valence-corrected chi connectivity index (χ3v) is 2.62. The van der Waals surface area contributed by atoms with E-state index >= 15 is 0 Å². The highest BCUT2D eigenvalue weighted by atomic mass is 16.4. The van der Waals surface area contributed by atoms with E-state index in [2.05, 4.69) is 0 Å². The minimum atomic E-state index is -1.01. The van der Waals surface area contributed by atoms with Gasteiger partial charge in [0.15, 0.2) is 0 Å². The zero-order valence-corrected chi connectivity index (χ0v) is 11.7. The van der Waals surface area contributed by atoms with Gasteiger partial charge in [0.2, 0.25) is 5.91 Å². The molecular weight excluding hydrogens is 256 g/mol. The number of carboxylic acids is 1. The number of aliphatic carboxylic acids is 1. The van der Waals surface area contributed by atoms with Crippen molar-refractivity contribution < 1.29 is 14.7 Å². The molecule has 20 heavy (non-hydrogen) atoms. The molecule has 0 aliphatic carbocycles. The fraction of sp³-hybridized carbons (Fsp3) is 0.333. The second-order valence-corrected chi connectivity index (χ2v) is 4.97. The fourth-order valence-corrected chi connectivity index (χ4v) is 1.95. The van der Waals surface area contributed by atoms with Gasteiger partial charge in [-0.05, 0) is 23.6 Å². The van der Waals surface area contributed by atoms with Gasteiger partial charge in [0.25, 0.3) is 0 Å². The normalized spacial score (nSPS) is 10.9. The standard InChI is InChI=1S/C15H20N2O3/c1-11(2)9-17(10-14(16)18)13-6-4-3-5-12(13)7-8-15(19)20/h3-8,11H,9-10H2,1-2H3,(H2,16,18)(H,19,20). The van der Waals surface area contributed by atoms with Crippen LogP contribution in [0.2, 0.25) is 0 Å². The van der Waals surface area contributed by atoms with Gasteiger partial charge >= 0.3 is 5.97 Å². The van der Waals surface area contributed by atoms with E-state index in [1.54, 1.807) is 0 Å².